The van der Waals surface area contributed by atoms with E-state index in [0.29, 0.717) is 19.7 Å². The molecule has 0 saturated carbocycles. The number of nitrogens with one attached hydrogen (secondary N) is 2. The zero-order chi connectivity index (χ0) is 16.5. The molecule has 1 unspecified atom stereocenters. The third-order valence-corrected chi connectivity index (χ3v) is 3.30. The Balaban J connectivity index is 1.73. The van der Waals surface area contributed by atoms with E-state index in [9.17, 15) is 4.79 Å². The molecule has 0 radical (unpaired) electrons. The van der Waals surface area contributed by atoms with Crippen molar-refractivity contribution < 1.29 is 18.8 Å². The first-order valence-electron chi connectivity index (χ1n) is 7.60. The first kappa shape index (κ1) is 16.8. The van der Waals surface area contributed by atoms with Crippen LogP contribution in [0.4, 0.5) is 0 Å². The average molecular weight is 315 g/mol. The molecule has 0 fully saturated rings. The maximum atomic E-state index is 11.9. The first-order valence-corrected chi connectivity index (χ1v) is 7.60. The van der Waals surface area contributed by atoms with E-state index in [1.807, 2.05) is 37.4 Å². The number of ether oxygens (including phenoxy) is 1. The van der Waals surface area contributed by atoms with E-state index < -0.39 is 0 Å². The molecule has 0 aliphatic rings. The fourth-order valence-corrected chi connectivity index (χ4v) is 2.21. The third-order valence-electron chi connectivity index (χ3n) is 3.30. The quantitative estimate of drug-likeness (QED) is 0.683. The van der Waals surface area contributed by atoms with Gasteiger partial charge in [0.1, 0.15) is 24.7 Å². The fourth-order valence-electron chi connectivity index (χ4n) is 2.21. The minimum absolute atomic E-state index is 0.00448. The number of likely N-dealkylation sites (N-methyl/N-ethyl adjacent to an activating group) is 1. The summed E-state index contributed by atoms with van der Waals surface area (Å²) in [4.78, 5) is 13.0. The van der Waals surface area contributed by atoms with Crippen LogP contribution in [0.3, 0.4) is 0 Å². The van der Waals surface area contributed by atoms with E-state index in [2.05, 4.69) is 11.9 Å². The summed E-state index contributed by atoms with van der Waals surface area (Å²) in [5, 5.41) is 2.85. The standard InChI is InChI=1S/C18H22N2O3/c1-3-10-22-16-8-6-15(7-9-16)13-20(2)14-18(21)19-12-17-5-4-11-23-17/h3-9,11H,1,10,12-14H2,2H3,(H,19,21)/p+1. The fraction of sp³-hybridized carbons (Fsp3) is 0.278. The van der Waals surface area contributed by atoms with Gasteiger partial charge in [0.25, 0.3) is 5.91 Å². The molecule has 5 nitrogen and oxygen atoms in total. The van der Waals surface area contributed by atoms with Gasteiger partial charge in [-0.25, -0.2) is 0 Å². The second kappa shape index (κ2) is 8.80. The van der Waals surface area contributed by atoms with Gasteiger partial charge in [0.2, 0.25) is 0 Å². The van der Waals surface area contributed by atoms with Crippen LogP contribution in [0.25, 0.3) is 0 Å². The number of amides is 1. The number of benzene rings is 1. The van der Waals surface area contributed by atoms with Crippen LogP contribution in [0, 0.1) is 0 Å². The molecule has 1 amide bonds. The molecule has 0 aliphatic heterocycles. The molecule has 1 aromatic heterocycles. The Bertz CT molecular complexity index is 606. The van der Waals surface area contributed by atoms with Crippen molar-refractivity contribution in [3.63, 3.8) is 0 Å². The van der Waals surface area contributed by atoms with E-state index >= 15 is 0 Å². The van der Waals surface area contributed by atoms with E-state index in [1.165, 1.54) is 0 Å². The smallest absolute Gasteiger partial charge is 0.275 e. The van der Waals surface area contributed by atoms with Crippen molar-refractivity contribution in [2.75, 3.05) is 20.2 Å². The Morgan fingerprint density at radius 2 is 2.13 bits per heavy atom. The summed E-state index contributed by atoms with van der Waals surface area (Å²) in [6.07, 6.45) is 3.31. The predicted octanol–water partition coefficient (Wildman–Crippen LogP) is 1.18. The molecule has 0 saturated heterocycles. The van der Waals surface area contributed by atoms with Gasteiger partial charge in [-0.3, -0.25) is 4.79 Å². The molecule has 1 atom stereocenters. The molecule has 1 heterocycles. The lowest BCUT2D eigenvalue weighted by atomic mass is 10.2. The van der Waals surface area contributed by atoms with Crippen molar-refractivity contribution in [2.45, 2.75) is 13.1 Å². The van der Waals surface area contributed by atoms with Crippen LogP contribution in [0.5, 0.6) is 5.75 Å². The number of furan rings is 1. The van der Waals surface area contributed by atoms with Crippen LogP contribution < -0.4 is 15.0 Å². The molecular formula is C18H23N2O3+. The summed E-state index contributed by atoms with van der Waals surface area (Å²) in [5.74, 6) is 1.58. The highest BCUT2D eigenvalue weighted by molar-refractivity contribution is 5.76. The second-order valence-corrected chi connectivity index (χ2v) is 5.41. The summed E-state index contributed by atoms with van der Waals surface area (Å²) >= 11 is 0. The van der Waals surface area contributed by atoms with Gasteiger partial charge in [-0.15, -0.1) is 0 Å². The molecule has 2 N–H and O–H groups in total. The Hall–Kier alpha value is -2.53. The SMILES string of the molecule is C=CCOc1ccc(C[NH+](C)CC(=O)NCc2ccco2)cc1. The highest BCUT2D eigenvalue weighted by atomic mass is 16.5. The number of hydrogen-bond acceptors (Lipinski definition) is 3. The summed E-state index contributed by atoms with van der Waals surface area (Å²) in [7, 11) is 1.99. The van der Waals surface area contributed by atoms with E-state index in [-0.39, 0.29) is 5.91 Å². The average Bonchev–Trinajstić information content (AvgIpc) is 3.05. The van der Waals surface area contributed by atoms with Gasteiger partial charge in [-0.05, 0) is 36.4 Å². The van der Waals surface area contributed by atoms with Crippen LogP contribution >= 0.6 is 0 Å². The molecule has 2 rings (SSSR count). The maximum absolute atomic E-state index is 11.9. The maximum Gasteiger partial charge on any atom is 0.275 e. The number of hydrogen-bond donors (Lipinski definition) is 2. The molecule has 23 heavy (non-hydrogen) atoms. The Morgan fingerprint density at radius 3 is 2.78 bits per heavy atom. The van der Waals surface area contributed by atoms with Crippen molar-refractivity contribution in [1.29, 1.82) is 0 Å². The predicted molar refractivity (Wildman–Crippen MR) is 88.1 cm³/mol. The molecular weight excluding hydrogens is 292 g/mol. The van der Waals surface area contributed by atoms with Crippen molar-refractivity contribution in [1.82, 2.24) is 5.32 Å². The Morgan fingerprint density at radius 1 is 1.35 bits per heavy atom. The molecule has 0 bridgehead atoms. The van der Waals surface area contributed by atoms with Crippen LogP contribution in [-0.2, 0) is 17.9 Å². The van der Waals surface area contributed by atoms with Gasteiger partial charge in [0.15, 0.2) is 6.54 Å². The van der Waals surface area contributed by atoms with Crippen LogP contribution in [-0.4, -0.2) is 26.1 Å². The third kappa shape index (κ3) is 6.00. The van der Waals surface area contributed by atoms with Crippen LogP contribution in [0.2, 0.25) is 0 Å². The minimum Gasteiger partial charge on any atom is -0.490 e. The lowest BCUT2D eigenvalue weighted by molar-refractivity contribution is -0.885. The monoisotopic (exact) mass is 315 g/mol. The van der Waals surface area contributed by atoms with E-state index in [1.54, 1.807) is 18.4 Å². The number of carbonyl (C=O) groups is 1. The number of quaternary nitrogens is 1. The highest BCUT2D eigenvalue weighted by Gasteiger charge is 2.11. The largest absolute Gasteiger partial charge is 0.490 e. The normalized spacial score (nSPS) is 11.7. The molecule has 122 valence electrons. The molecule has 2 aromatic rings. The van der Waals surface area contributed by atoms with Crippen molar-refractivity contribution in [3.05, 3.63) is 66.6 Å². The van der Waals surface area contributed by atoms with Gasteiger partial charge in [-0.1, -0.05) is 12.7 Å². The lowest BCUT2D eigenvalue weighted by Crippen LogP contribution is -3.08. The zero-order valence-electron chi connectivity index (χ0n) is 13.4. The van der Waals surface area contributed by atoms with Crippen molar-refractivity contribution >= 4 is 5.91 Å². The van der Waals surface area contributed by atoms with Crippen LogP contribution in [0.15, 0.2) is 59.7 Å². The van der Waals surface area contributed by atoms with Crippen molar-refractivity contribution in [2.24, 2.45) is 0 Å². The van der Waals surface area contributed by atoms with Crippen LogP contribution in [0.1, 0.15) is 11.3 Å². The van der Waals surface area contributed by atoms with Gasteiger partial charge in [0.05, 0.1) is 19.9 Å². The summed E-state index contributed by atoms with van der Waals surface area (Å²) in [6.45, 7) is 5.73. The summed E-state index contributed by atoms with van der Waals surface area (Å²) in [6, 6.07) is 11.5. The van der Waals surface area contributed by atoms with Gasteiger partial charge < -0.3 is 19.4 Å². The molecule has 1 aromatic carbocycles. The van der Waals surface area contributed by atoms with Gasteiger partial charge in [-0.2, -0.15) is 0 Å². The lowest BCUT2D eigenvalue weighted by Gasteiger charge is -2.14. The van der Waals surface area contributed by atoms with Gasteiger partial charge >= 0.3 is 0 Å². The Kier molecular flexibility index (Phi) is 6.44. The first-order chi connectivity index (χ1) is 11.2. The number of carbonyl (C=O) groups excluding carboxylic acids is 1. The summed E-state index contributed by atoms with van der Waals surface area (Å²) < 4.78 is 10.6. The summed E-state index contributed by atoms with van der Waals surface area (Å²) in [5.41, 5.74) is 1.16. The highest BCUT2D eigenvalue weighted by Crippen LogP contribution is 2.11. The molecule has 0 aliphatic carbocycles. The minimum atomic E-state index is 0.00448. The zero-order valence-corrected chi connectivity index (χ0v) is 13.4. The van der Waals surface area contributed by atoms with Crippen molar-refractivity contribution in [3.8, 4) is 5.75 Å². The molecule has 0 spiro atoms. The molecule has 5 heteroatoms. The number of rotatable bonds is 9. The Labute approximate surface area is 136 Å². The second-order valence-electron chi connectivity index (χ2n) is 5.41. The topological polar surface area (TPSA) is 55.9 Å². The van der Waals surface area contributed by atoms with E-state index in [4.69, 9.17) is 9.15 Å². The van der Waals surface area contributed by atoms with E-state index in [0.717, 1.165) is 28.5 Å². The van der Waals surface area contributed by atoms with Gasteiger partial charge in [0, 0.05) is 5.56 Å².